The molecule has 0 heterocycles. The smallest absolute Gasteiger partial charge is 0.306 e. The molecule has 0 saturated heterocycles. The van der Waals surface area contributed by atoms with Gasteiger partial charge < -0.3 is 9.47 Å². The van der Waals surface area contributed by atoms with Gasteiger partial charge in [0.05, 0.1) is 23.8 Å². The number of hydrogen-bond donors (Lipinski definition) is 0. The van der Waals surface area contributed by atoms with Crippen molar-refractivity contribution in [3.63, 3.8) is 0 Å². The van der Waals surface area contributed by atoms with Crippen LogP contribution in [0.3, 0.4) is 0 Å². The first-order valence-corrected chi connectivity index (χ1v) is 7.88. The Morgan fingerprint density at radius 1 is 1.27 bits per heavy atom. The lowest BCUT2D eigenvalue weighted by Gasteiger charge is -2.15. The lowest BCUT2D eigenvalue weighted by molar-refractivity contribution is -0.143. The quantitative estimate of drug-likeness (QED) is 0.655. The van der Waals surface area contributed by atoms with Crippen LogP contribution in [0.25, 0.3) is 0 Å². The van der Waals surface area contributed by atoms with E-state index in [4.69, 9.17) is 14.7 Å². The van der Waals surface area contributed by atoms with E-state index in [0.29, 0.717) is 0 Å². The second kappa shape index (κ2) is 8.90. The third-order valence-corrected chi connectivity index (χ3v) is 3.51. The van der Waals surface area contributed by atoms with Crippen LogP contribution >= 0.6 is 0 Å². The molecule has 0 fully saturated rings. The number of alkyl halides is 2. The van der Waals surface area contributed by atoms with Crippen LogP contribution in [0.2, 0.25) is 0 Å². The summed E-state index contributed by atoms with van der Waals surface area (Å²) in [4.78, 5) is 11.5. The Hall–Kier alpha value is -3.01. The van der Waals surface area contributed by atoms with Gasteiger partial charge in [0.1, 0.15) is 17.3 Å². The molecule has 0 aliphatic carbocycles. The van der Waals surface area contributed by atoms with Gasteiger partial charge in [0.15, 0.2) is 0 Å². The van der Waals surface area contributed by atoms with E-state index in [2.05, 4.69) is 0 Å². The minimum Gasteiger partial charge on any atom is -0.466 e. The van der Waals surface area contributed by atoms with Crippen molar-refractivity contribution < 1.29 is 27.4 Å². The van der Waals surface area contributed by atoms with Gasteiger partial charge >= 0.3 is 5.97 Å². The predicted octanol–water partition coefficient (Wildman–Crippen LogP) is 4.92. The molecule has 0 aliphatic heterocycles. The van der Waals surface area contributed by atoms with Crippen LogP contribution in [-0.2, 0) is 16.0 Å². The molecule has 2 rings (SSSR count). The fourth-order valence-electron chi connectivity index (χ4n) is 2.43. The molecule has 0 N–H and O–H groups in total. The molecule has 136 valence electrons. The summed E-state index contributed by atoms with van der Waals surface area (Å²) < 4.78 is 50.8. The van der Waals surface area contributed by atoms with E-state index in [1.54, 1.807) is 13.0 Å². The second-order valence-electron chi connectivity index (χ2n) is 5.32. The van der Waals surface area contributed by atoms with Crippen molar-refractivity contribution >= 4 is 5.97 Å². The molecule has 0 aromatic heterocycles. The van der Waals surface area contributed by atoms with E-state index in [-0.39, 0.29) is 47.6 Å². The maximum Gasteiger partial charge on any atom is 0.306 e. The van der Waals surface area contributed by atoms with Crippen LogP contribution in [0.4, 0.5) is 13.2 Å². The molecule has 2 aromatic carbocycles. The summed E-state index contributed by atoms with van der Waals surface area (Å²) in [5, 5.41) is 8.87. The number of nitrogens with zero attached hydrogens (tertiary/aromatic N) is 1. The molecule has 0 spiro atoms. The number of benzene rings is 2. The number of aryl methyl sites for hydroxylation is 1. The minimum atomic E-state index is -2.85. The van der Waals surface area contributed by atoms with Crippen LogP contribution in [-0.4, -0.2) is 12.6 Å². The molecule has 2 aromatic rings. The second-order valence-corrected chi connectivity index (χ2v) is 5.32. The largest absolute Gasteiger partial charge is 0.466 e. The van der Waals surface area contributed by atoms with Gasteiger partial charge in [0, 0.05) is 12.5 Å². The molecule has 4 nitrogen and oxygen atoms in total. The maximum atomic E-state index is 13.6. The molecular formula is C19H16F3NO3. The minimum absolute atomic E-state index is 0.0112. The zero-order valence-electron chi connectivity index (χ0n) is 14.0. The summed E-state index contributed by atoms with van der Waals surface area (Å²) in [6.45, 7) is 1.87. The molecule has 26 heavy (non-hydrogen) atoms. The number of carbonyl (C=O) groups excluding carboxylic acids is 1. The zero-order chi connectivity index (χ0) is 19.1. The third kappa shape index (κ3) is 4.99. The summed E-state index contributed by atoms with van der Waals surface area (Å²) in [5.74, 6) is -1.42. The number of ether oxygens (including phenoxy) is 2. The molecular weight excluding hydrogens is 347 g/mol. The fraction of sp³-hybridized carbons (Fsp3) is 0.263. The third-order valence-electron chi connectivity index (χ3n) is 3.51. The topological polar surface area (TPSA) is 59.3 Å². The van der Waals surface area contributed by atoms with Gasteiger partial charge in [-0.2, -0.15) is 5.26 Å². The zero-order valence-corrected chi connectivity index (χ0v) is 14.0. The number of halogens is 3. The molecule has 0 saturated carbocycles. The summed E-state index contributed by atoms with van der Waals surface area (Å²) in [7, 11) is 0. The Morgan fingerprint density at radius 3 is 2.69 bits per heavy atom. The average Bonchev–Trinajstić information content (AvgIpc) is 2.59. The average molecular weight is 363 g/mol. The standard InChI is InChI=1S/C19H16F3NO3/c1-2-25-17(24)7-6-13-4-3-5-16(18(13)19(21)22)26-15-9-12(11-23)8-14(20)10-15/h3-5,8-10,19H,2,6-7H2,1H3. The van der Waals surface area contributed by atoms with Crippen LogP contribution in [0.1, 0.15) is 36.5 Å². The SMILES string of the molecule is CCOC(=O)CCc1cccc(Oc2cc(F)cc(C#N)c2)c1C(F)F. The lowest BCUT2D eigenvalue weighted by Crippen LogP contribution is -2.07. The van der Waals surface area contributed by atoms with Gasteiger partial charge in [0.25, 0.3) is 6.43 Å². The van der Waals surface area contributed by atoms with Gasteiger partial charge in [-0.1, -0.05) is 12.1 Å². The lowest BCUT2D eigenvalue weighted by atomic mass is 10.0. The van der Waals surface area contributed by atoms with Crippen LogP contribution in [0.5, 0.6) is 11.5 Å². The van der Waals surface area contributed by atoms with Crippen LogP contribution in [0.15, 0.2) is 36.4 Å². The Labute approximate surface area is 148 Å². The molecule has 0 bridgehead atoms. The molecule has 0 amide bonds. The molecule has 0 radical (unpaired) electrons. The van der Waals surface area contributed by atoms with E-state index in [1.165, 1.54) is 24.3 Å². The molecule has 0 unspecified atom stereocenters. The fourth-order valence-corrected chi connectivity index (χ4v) is 2.43. The Kier molecular flexibility index (Phi) is 6.61. The van der Waals surface area contributed by atoms with Crippen molar-refractivity contribution in [3.05, 3.63) is 58.9 Å². The summed E-state index contributed by atoms with van der Waals surface area (Å²) in [6, 6.07) is 9.34. The van der Waals surface area contributed by atoms with E-state index < -0.39 is 18.2 Å². The summed E-state index contributed by atoms with van der Waals surface area (Å²) >= 11 is 0. The van der Waals surface area contributed by atoms with E-state index in [1.807, 2.05) is 0 Å². The van der Waals surface area contributed by atoms with Gasteiger partial charge in [-0.3, -0.25) is 4.79 Å². The number of nitriles is 1. The van der Waals surface area contributed by atoms with Crippen molar-refractivity contribution in [1.82, 2.24) is 0 Å². The van der Waals surface area contributed by atoms with Gasteiger partial charge in [-0.15, -0.1) is 0 Å². The Balaban J connectivity index is 2.31. The van der Waals surface area contributed by atoms with Gasteiger partial charge in [-0.05, 0) is 37.1 Å². The van der Waals surface area contributed by atoms with Crippen molar-refractivity contribution in [2.45, 2.75) is 26.2 Å². The summed E-state index contributed by atoms with van der Waals surface area (Å²) in [6.07, 6.45) is -2.84. The highest BCUT2D eigenvalue weighted by Crippen LogP contribution is 2.36. The highest BCUT2D eigenvalue weighted by Gasteiger charge is 2.20. The number of rotatable bonds is 7. The van der Waals surface area contributed by atoms with Crippen LogP contribution < -0.4 is 4.74 Å². The Morgan fingerprint density at radius 2 is 2.04 bits per heavy atom. The maximum absolute atomic E-state index is 13.6. The van der Waals surface area contributed by atoms with E-state index >= 15 is 0 Å². The summed E-state index contributed by atoms with van der Waals surface area (Å²) in [5.41, 5.74) is -0.126. The molecule has 7 heteroatoms. The molecule has 0 aliphatic rings. The van der Waals surface area contributed by atoms with Crippen molar-refractivity contribution in [1.29, 1.82) is 5.26 Å². The number of esters is 1. The van der Waals surface area contributed by atoms with Crippen molar-refractivity contribution in [3.8, 4) is 17.6 Å². The number of carbonyl (C=O) groups is 1. The molecule has 0 atom stereocenters. The van der Waals surface area contributed by atoms with Crippen molar-refractivity contribution in [2.75, 3.05) is 6.61 Å². The van der Waals surface area contributed by atoms with Crippen LogP contribution in [0, 0.1) is 17.1 Å². The van der Waals surface area contributed by atoms with Gasteiger partial charge in [-0.25, -0.2) is 13.2 Å². The predicted molar refractivity (Wildman–Crippen MR) is 87.5 cm³/mol. The Bertz CT molecular complexity index is 831. The van der Waals surface area contributed by atoms with E-state index in [0.717, 1.165) is 12.1 Å². The first kappa shape index (κ1) is 19.3. The van der Waals surface area contributed by atoms with Crippen molar-refractivity contribution in [2.24, 2.45) is 0 Å². The first-order valence-electron chi connectivity index (χ1n) is 7.88. The first-order chi connectivity index (χ1) is 12.4. The highest BCUT2D eigenvalue weighted by molar-refractivity contribution is 5.69. The highest BCUT2D eigenvalue weighted by atomic mass is 19.3. The van der Waals surface area contributed by atoms with E-state index in [9.17, 15) is 18.0 Å². The normalized spacial score (nSPS) is 10.5. The monoisotopic (exact) mass is 363 g/mol. The number of hydrogen-bond acceptors (Lipinski definition) is 4. The van der Waals surface area contributed by atoms with Gasteiger partial charge in [0.2, 0.25) is 0 Å².